The molecule has 11 heteroatoms. The number of likely N-dealkylation sites (tertiary alicyclic amines) is 1. The molecule has 4 aliphatic rings. The summed E-state index contributed by atoms with van der Waals surface area (Å²) >= 11 is 3.60. The molecule has 3 fully saturated rings. The molecule has 9 nitrogen and oxygen atoms in total. The van der Waals surface area contributed by atoms with Gasteiger partial charge in [-0.15, -0.1) is 0 Å². The van der Waals surface area contributed by atoms with Gasteiger partial charge in [0, 0.05) is 46.7 Å². The maximum Gasteiger partial charge on any atom is 0.264 e. The van der Waals surface area contributed by atoms with Crippen molar-refractivity contribution in [1.29, 1.82) is 0 Å². The number of hydrogen-bond acceptors (Lipinski definition) is 6. The van der Waals surface area contributed by atoms with Crippen LogP contribution in [-0.2, 0) is 31.3 Å². The van der Waals surface area contributed by atoms with Crippen LogP contribution in [0, 0.1) is 5.92 Å². The Kier molecular flexibility index (Phi) is 8.08. The fraction of sp³-hybridized carbons (Fsp3) is 0.531. The summed E-state index contributed by atoms with van der Waals surface area (Å²) in [5, 5.41) is 9.82. The zero-order chi connectivity index (χ0) is 30.7. The fourth-order valence-electron chi connectivity index (χ4n) is 7.98. The lowest BCUT2D eigenvalue weighted by molar-refractivity contribution is -0.150. The first-order chi connectivity index (χ1) is 20.5. The van der Waals surface area contributed by atoms with Gasteiger partial charge in [-0.3, -0.25) is 14.4 Å². The van der Waals surface area contributed by atoms with Crippen molar-refractivity contribution in [3.63, 3.8) is 0 Å². The highest BCUT2D eigenvalue weighted by molar-refractivity contribution is 9.10. The van der Waals surface area contributed by atoms with Crippen LogP contribution in [0.1, 0.15) is 50.2 Å². The van der Waals surface area contributed by atoms with E-state index in [0.717, 1.165) is 46.2 Å². The van der Waals surface area contributed by atoms with Gasteiger partial charge in [-0.1, -0.05) is 35.0 Å². The molecular formula is C32H40BrN3O6Si. The standard InChI is InChI=1S/C32H40BrN3O6Si/c1-20-30(43(2,3)41)27(17-29(39)35-13-5-9-24(35)19-37)42-32(20)25-16-22(33)11-12-26(25)36(31(32)40)18-21-7-4-8-23(15-21)34-14-6-10-28(34)38/h4,7-8,11-12,15-16,20,24,27,30,37,41H,5-6,9-10,13-14,17-19H2,1-3H3/t20-,24+,27+,30-,32+/m1/s1. The Morgan fingerprint density at radius 2 is 1.93 bits per heavy atom. The number of aliphatic hydroxyl groups excluding tert-OH is 1. The SMILES string of the molecule is C[C@@H]1[C@@H]([Si](C)(C)O)[C@H](CC(=O)N2CCC[C@H]2CO)O[C@@]12C(=O)N(Cc1cccc(N3CCCC3=O)c1)c1ccc(Br)cc12. The number of rotatable bonds is 7. The van der Waals surface area contributed by atoms with Gasteiger partial charge in [-0.05, 0) is 68.3 Å². The molecule has 1 spiro atoms. The second kappa shape index (κ2) is 11.4. The van der Waals surface area contributed by atoms with E-state index in [4.69, 9.17) is 4.74 Å². The third-order valence-electron chi connectivity index (χ3n) is 9.87. The largest absolute Gasteiger partial charge is 0.432 e. The van der Waals surface area contributed by atoms with Crippen LogP contribution in [0.2, 0.25) is 18.6 Å². The van der Waals surface area contributed by atoms with E-state index in [1.54, 1.807) is 14.7 Å². The molecule has 3 saturated heterocycles. The molecular weight excluding hydrogens is 630 g/mol. The minimum absolute atomic E-state index is 0.0484. The topological polar surface area (TPSA) is 111 Å². The highest BCUT2D eigenvalue weighted by Gasteiger charge is 2.66. The van der Waals surface area contributed by atoms with Gasteiger partial charge in [0.05, 0.1) is 37.4 Å². The van der Waals surface area contributed by atoms with E-state index in [0.29, 0.717) is 26.1 Å². The van der Waals surface area contributed by atoms with E-state index in [1.807, 2.05) is 62.5 Å². The van der Waals surface area contributed by atoms with Crippen LogP contribution in [0.5, 0.6) is 0 Å². The van der Waals surface area contributed by atoms with E-state index in [-0.39, 0.29) is 48.3 Å². The van der Waals surface area contributed by atoms with Crippen LogP contribution in [-0.4, -0.2) is 72.7 Å². The Labute approximate surface area is 262 Å². The molecule has 6 rings (SSSR count). The number of amides is 3. The minimum Gasteiger partial charge on any atom is -0.432 e. The highest BCUT2D eigenvalue weighted by atomic mass is 79.9. The molecule has 4 heterocycles. The quantitative estimate of drug-likeness (QED) is 0.426. The summed E-state index contributed by atoms with van der Waals surface area (Å²) in [5.41, 5.74) is 1.48. The van der Waals surface area contributed by atoms with Gasteiger partial charge in [-0.2, -0.15) is 0 Å². The van der Waals surface area contributed by atoms with Crippen LogP contribution in [0.3, 0.4) is 0 Å². The van der Waals surface area contributed by atoms with Gasteiger partial charge in [0.2, 0.25) is 11.8 Å². The number of benzene rings is 2. The first-order valence-corrected chi connectivity index (χ1v) is 19.1. The average molecular weight is 671 g/mol. The molecule has 5 atom stereocenters. The number of anilines is 2. The molecule has 43 heavy (non-hydrogen) atoms. The number of fused-ring (bicyclic) bond motifs is 2. The van der Waals surface area contributed by atoms with Crippen molar-refractivity contribution >= 4 is 53.3 Å². The Balaban J connectivity index is 1.35. The van der Waals surface area contributed by atoms with E-state index >= 15 is 0 Å². The first-order valence-electron chi connectivity index (χ1n) is 15.3. The molecule has 0 radical (unpaired) electrons. The number of ether oxygens (including phenoxy) is 1. The van der Waals surface area contributed by atoms with E-state index < -0.39 is 20.0 Å². The van der Waals surface area contributed by atoms with Crippen LogP contribution in [0.15, 0.2) is 46.9 Å². The molecule has 3 amide bonds. The molecule has 0 bridgehead atoms. The van der Waals surface area contributed by atoms with E-state index in [1.165, 1.54) is 0 Å². The fourth-order valence-corrected chi connectivity index (χ4v) is 10.9. The van der Waals surface area contributed by atoms with Gasteiger partial charge >= 0.3 is 0 Å². The van der Waals surface area contributed by atoms with E-state index in [9.17, 15) is 24.3 Å². The molecule has 4 aliphatic heterocycles. The van der Waals surface area contributed by atoms with Gasteiger partial charge in [0.15, 0.2) is 13.9 Å². The predicted octanol–water partition coefficient (Wildman–Crippen LogP) is 4.29. The van der Waals surface area contributed by atoms with Crippen LogP contribution in [0.4, 0.5) is 11.4 Å². The van der Waals surface area contributed by atoms with Crippen LogP contribution >= 0.6 is 15.9 Å². The minimum atomic E-state index is -2.93. The van der Waals surface area contributed by atoms with Crippen molar-refractivity contribution in [2.24, 2.45) is 5.92 Å². The molecule has 230 valence electrons. The maximum atomic E-state index is 14.7. The number of carbonyl (C=O) groups is 3. The molecule has 0 aliphatic carbocycles. The lowest BCUT2D eigenvalue weighted by Crippen LogP contribution is -2.46. The normalized spacial score (nSPS) is 28.9. The Hall–Kier alpha value is -2.57. The number of hydrogen-bond donors (Lipinski definition) is 2. The van der Waals surface area contributed by atoms with Crippen molar-refractivity contribution in [1.82, 2.24) is 4.90 Å². The lowest BCUT2D eigenvalue weighted by atomic mass is 9.82. The maximum absolute atomic E-state index is 14.7. The van der Waals surface area contributed by atoms with Gasteiger partial charge < -0.3 is 29.3 Å². The third kappa shape index (κ3) is 5.16. The summed E-state index contributed by atoms with van der Waals surface area (Å²) in [6.07, 6.45) is 2.39. The number of nitrogens with zero attached hydrogens (tertiary/aromatic N) is 3. The molecule has 0 unspecified atom stereocenters. The van der Waals surface area contributed by atoms with Gasteiger partial charge in [0.25, 0.3) is 5.91 Å². The lowest BCUT2D eigenvalue weighted by Gasteiger charge is -2.33. The number of aliphatic hydroxyl groups is 1. The third-order valence-corrected chi connectivity index (χ3v) is 12.9. The molecule has 0 saturated carbocycles. The van der Waals surface area contributed by atoms with Crippen LogP contribution < -0.4 is 9.80 Å². The zero-order valence-electron chi connectivity index (χ0n) is 25.0. The second-order valence-corrected chi connectivity index (χ2v) is 17.9. The van der Waals surface area contributed by atoms with Crippen molar-refractivity contribution < 1.29 is 29.0 Å². The number of carbonyl (C=O) groups excluding carboxylic acids is 3. The van der Waals surface area contributed by atoms with Crippen molar-refractivity contribution in [2.45, 2.75) is 82.0 Å². The Morgan fingerprint density at radius 3 is 2.63 bits per heavy atom. The van der Waals surface area contributed by atoms with Crippen molar-refractivity contribution in [2.75, 3.05) is 29.5 Å². The highest BCUT2D eigenvalue weighted by Crippen LogP contribution is 2.60. The van der Waals surface area contributed by atoms with Crippen LogP contribution in [0.25, 0.3) is 0 Å². The van der Waals surface area contributed by atoms with Crippen molar-refractivity contribution in [3.8, 4) is 0 Å². The van der Waals surface area contributed by atoms with Gasteiger partial charge in [0.1, 0.15) is 0 Å². The molecule has 2 aromatic carbocycles. The summed E-state index contributed by atoms with van der Waals surface area (Å²) < 4.78 is 7.65. The summed E-state index contributed by atoms with van der Waals surface area (Å²) in [4.78, 5) is 57.5. The number of halogens is 1. The zero-order valence-corrected chi connectivity index (χ0v) is 27.5. The summed E-state index contributed by atoms with van der Waals surface area (Å²) in [7, 11) is -2.93. The Bertz CT molecular complexity index is 1450. The molecule has 2 N–H and O–H groups in total. The average Bonchev–Trinajstić information content (AvgIpc) is 3.72. The van der Waals surface area contributed by atoms with E-state index in [2.05, 4.69) is 15.9 Å². The molecule has 2 aromatic rings. The first kappa shape index (κ1) is 30.5. The Morgan fingerprint density at radius 1 is 1.14 bits per heavy atom. The van der Waals surface area contributed by atoms with Crippen molar-refractivity contribution in [3.05, 3.63) is 58.1 Å². The summed E-state index contributed by atoms with van der Waals surface area (Å²) in [6.45, 7) is 7.17. The summed E-state index contributed by atoms with van der Waals surface area (Å²) in [6, 6.07) is 13.3. The van der Waals surface area contributed by atoms with Gasteiger partial charge in [-0.25, -0.2) is 0 Å². The summed E-state index contributed by atoms with van der Waals surface area (Å²) in [5.74, 6) is -0.593. The monoisotopic (exact) mass is 669 g/mol. The second-order valence-electron chi connectivity index (χ2n) is 13.0. The molecule has 0 aromatic heterocycles. The smallest absolute Gasteiger partial charge is 0.264 e. The predicted molar refractivity (Wildman–Crippen MR) is 169 cm³/mol.